The van der Waals surface area contributed by atoms with Crippen molar-refractivity contribution in [1.29, 1.82) is 0 Å². The van der Waals surface area contributed by atoms with Gasteiger partial charge in [-0.3, -0.25) is 4.79 Å². The summed E-state index contributed by atoms with van der Waals surface area (Å²) in [6, 6.07) is -1.15. The molecule has 8 heteroatoms. The maximum atomic E-state index is 12.5. The molecule has 0 aromatic carbocycles. The van der Waals surface area contributed by atoms with Crippen LogP contribution in [-0.4, -0.2) is 41.0 Å². The van der Waals surface area contributed by atoms with E-state index in [-0.39, 0.29) is 5.91 Å². The number of aromatic nitrogens is 1. The van der Waals surface area contributed by atoms with E-state index in [1.165, 1.54) is 0 Å². The van der Waals surface area contributed by atoms with Gasteiger partial charge < -0.3 is 26.1 Å². The van der Waals surface area contributed by atoms with Crippen LogP contribution in [0, 0.1) is 5.92 Å². The van der Waals surface area contributed by atoms with Crippen molar-refractivity contribution in [2.75, 3.05) is 13.1 Å². The molecule has 1 aromatic rings. The fraction of sp³-hybridized carbons (Fsp3) is 0.706. The van der Waals surface area contributed by atoms with Gasteiger partial charge in [-0.2, -0.15) is 0 Å². The summed E-state index contributed by atoms with van der Waals surface area (Å²) >= 11 is 0. The Labute approximate surface area is 148 Å². The third-order valence-electron chi connectivity index (χ3n) is 4.33. The zero-order valence-corrected chi connectivity index (χ0v) is 15.1. The molecule has 8 nitrogen and oxygen atoms in total. The lowest BCUT2D eigenvalue weighted by atomic mass is 10.1. The fourth-order valence-corrected chi connectivity index (χ4v) is 2.85. The second kappa shape index (κ2) is 8.84. The van der Waals surface area contributed by atoms with Gasteiger partial charge >= 0.3 is 6.03 Å². The van der Waals surface area contributed by atoms with E-state index < -0.39 is 12.1 Å². The number of hydrogen-bond donors (Lipinski definition) is 3. The Morgan fingerprint density at radius 1 is 1.36 bits per heavy atom. The standard InChI is InChI=1S/C17H29N5O3/c1-11(2)5-6-15-21-13-10-22(9-7-14(13)25-15)16(23)12(18)4-3-8-20-17(19)24/h11-12H,3-10,18H2,1-2H3,(H3,19,20,24)/t12-/m0/s1. The number of oxazole rings is 1. The van der Waals surface area contributed by atoms with Gasteiger partial charge in [0, 0.05) is 25.9 Å². The first-order valence-electron chi connectivity index (χ1n) is 8.92. The first-order chi connectivity index (χ1) is 11.9. The molecule has 0 saturated heterocycles. The van der Waals surface area contributed by atoms with E-state index in [2.05, 4.69) is 24.1 Å². The zero-order chi connectivity index (χ0) is 18.4. The largest absolute Gasteiger partial charge is 0.445 e. The molecule has 2 heterocycles. The molecule has 2 rings (SSSR count). The second-order valence-corrected chi connectivity index (χ2v) is 6.96. The highest BCUT2D eigenvalue weighted by atomic mass is 16.4. The van der Waals surface area contributed by atoms with Crippen molar-refractivity contribution >= 4 is 11.9 Å². The van der Waals surface area contributed by atoms with E-state index in [1.807, 2.05) is 0 Å². The molecular weight excluding hydrogens is 322 g/mol. The molecule has 0 aliphatic carbocycles. The van der Waals surface area contributed by atoms with Gasteiger partial charge in [-0.15, -0.1) is 0 Å². The molecule has 140 valence electrons. The number of nitrogens with two attached hydrogens (primary N) is 2. The van der Waals surface area contributed by atoms with Gasteiger partial charge in [0.25, 0.3) is 0 Å². The Hall–Kier alpha value is -2.09. The average Bonchev–Trinajstić information content (AvgIpc) is 2.97. The highest BCUT2D eigenvalue weighted by Crippen LogP contribution is 2.22. The van der Waals surface area contributed by atoms with Crippen LogP contribution in [0.4, 0.5) is 4.79 Å². The van der Waals surface area contributed by atoms with Crippen LogP contribution in [0.25, 0.3) is 0 Å². The van der Waals surface area contributed by atoms with Crippen LogP contribution in [0.1, 0.15) is 50.5 Å². The normalized spacial score (nSPS) is 15.1. The zero-order valence-electron chi connectivity index (χ0n) is 15.1. The Morgan fingerprint density at radius 2 is 2.12 bits per heavy atom. The van der Waals surface area contributed by atoms with Crippen LogP contribution < -0.4 is 16.8 Å². The Bertz CT molecular complexity index is 599. The lowest BCUT2D eigenvalue weighted by Crippen LogP contribution is -2.46. The number of fused-ring (bicyclic) bond motifs is 1. The predicted molar refractivity (Wildman–Crippen MR) is 93.6 cm³/mol. The number of aryl methyl sites for hydroxylation is 1. The molecule has 0 radical (unpaired) electrons. The van der Waals surface area contributed by atoms with Gasteiger partial charge in [0.05, 0.1) is 12.6 Å². The number of nitrogens with zero attached hydrogens (tertiary/aromatic N) is 2. The van der Waals surface area contributed by atoms with Crippen molar-refractivity contribution in [3.8, 4) is 0 Å². The minimum absolute atomic E-state index is 0.0866. The maximum absolute atomic E-state index is 12.5. The summed E-state index contributed by atoms with van der Waals surface area (Å²) < 4.78 is 5.81. The summed E-state index contributed by atoms with van der Waals surface area (Å²) in [5.41, 5.74) is 11.8. The molecule has 1 atom stereocenters. The first-order valence-corrected chi connectivity index (χ1v) is 8.92. The van der Waals surface area contributed by atoms with Crippen LogP contribution in [0.15, 0.2) is 4.42 Å². The summed E-state index contributed by atoms with van der Waals surface area (Å²) in [5.74, 6) is 2.16. The van der Waals surface area contributed by atoms with Crippen LogP contribution in [0.5, 0.6) is 0 Å². The molecular formula is C17H29N5O3. The Morgan fingerprint density at radius 3 is 2.80 bits per heavy atom. The van der Waals surface area contributed by atoms with E-state index in [1.54, 1.807) is 4.90 Å². The van der Waals surface area contributed by atoms with Gasteiger partial charge in [0.2, 0.25) is 5.91 Å². The van der Waals surface area contributed by atoms with Crippen LogP contribution >= 0.6 is 0 Å². The molecule has 5 N–H and O–H groups in total. The molecule has 1 aliphatic rings. The minimum atomic E-state index is -0.580. The van der Waals surface area contributed by atoms with Crippen molar-refractivity contribution in [3.05, 3.63) is 17.3 Å². The summed E-state index contributed by atoms with van der Waals surface area (Å²) in [6.45, 7) is 5.81. The number of hydrogen-bond acceptors (Lipinski definition) is 5. The van der Waals surface area contributed by atoms with E-state index in [9.17, 15) is 9.59 Å². The Kier molecular flexibility index (Phi) is 6.81. The van der Waals surface area contributed by atoms with Crippen LogP contribution in [0.3, 0.4) is 0 Å². The number of carbonyl (C=O) groups excluding carboxylic acids is 2. The van der Waals surface area contributed by atoms with Gasteiger partial charge in [0.15, 0.2) is 5.89 Å². The third-order valence-corrected chi connectivity index (χ3v) is 4.33. The molecule has 25 heavy (non-hydrogen) atoms. The van der Waals surface area contributed by atoms with Crippen molar-refractivity contribution in [2.45, 2.75) is 58.5 Å². The van der Waals surface area contributed by atoms with Gasteiger partial charge in [-0.25, -0.2) is 9.78 Å². The predicted octanol–water partition coefficient (Wildman–Crippen LogP) is 0.924. The fourth-order valence-electron chi connectivity index (χ4n) is 2.85. The molecule has 1 aliphatic heterocycles. The molecule has 0 saturated carbocycles. The number of amides is 3. The van der Waals surface area contributed by atoms with Crippen LogP contribution in [-0.2, 0) is 24.2 Å². The number of carbonyl (C=O) groups is 2. The monoisotopic (exact) mass is 351 g/mol. The number of urea groups is 1. The summed E-state index contributed by atoms with van der Waals surface area (Å²) in [5, 5.41) is 2.49. The molecule has 3 amide bonds. The highest BCUT2D eigenvalue weighted by Gasteiger charge is 2.28. The van der Waals surface area contributed by atoms with E-state index in [0.717, 1.165) is 30.2 Å². The Balaban J connectivity index is 1.84. The lowest BCUT2D eigenvalue weighted by Gasteiger charge is -2.28. The SMILES string of the molecule is CC(C)CCc1nc2c(o1)CCN(C(=O)[C@@H](N)CCCNC(N)=O)C2. The first kappa shape index (κ1) is 19.2. The highest BCUT2D eigenvalue weighted by molar-refractivity contribution is 5.81. The second-order valence-electron chi connectivity index (χ2n) is 6.96. The molecule has 0 fully saturated rings. The van der Waals surface area contributed by atoms with Crippen molar-refractivity contribution in [2.24, 2.45) is 17.4 Å². The van der Waals surface area contributed by atoms with E-state index in [4.69, 9.17) is 15.9 Å². The van der Waals surface area contributed by atoms with Gasteiger partial charge in [-0.1, -0.05) is 13.8 Å². The van der Waals surface area contributed by atoms with Crippen molar-refractivity contribution in [3.63, 3.8) is 0 Å². The van der Waals surface area contributed by atoms with E-state index >= 15 is 0 Å². The van der Waals surface area contributed by atoms with Gasteiger partial charge in [0.1, 0.15) is 11.5 Å². The summed E-state index contributed by atoms with van der Waals surface area (Å²) in [7, 11) is 0. The van der Waals surface area contributed by atoms with Gasteiger partial charge in [-0.05, 0) is 25.2 Å². The van der Waals surface area contributed by atoms with Crippen LogP contribution in [0.2, 0.25) is 0 Å². The lowest BCUT2D eigenvalue weighted by molar-refractivity contribution is -0.133. The quantitative estimate of drug-likeness (QED) is 0.600. The topological polar surface area (TPSA) is 127 Å². The number of rotatable bonds is 8. The minimum Gasteiger partial charge on any atom is -0.445 e. The van der Waals surface area contributed by atoms with Crippen molar-refractivity contribution in [1.82, 2.24) is 15.2 Å². The number of nitrogens with one attached hydrogen (secondary N) is 1. The average molecular weight is 351 g/mol. The molecule has 0 unspecified atom stereocenters. The smallest absolute Gasteiger partial charge is 0.312 e. The molecule has 1 aromatic heterocycles. The maximum Gasteiger partial charge on any atom is 0.312 e. The van der Waals surface area contributed by atoms with Crippen molar-refractivity contribution < 1.29 is 14.0 Å². The number of primary amides is 1. The summed E-state index contributed by atoms with van der Waals surface area (Å²) in [6.07, 6.45) is 3.64. The molecule has 0 bridgehead atoms. The molecule has 0 spiro atoms. The summed E-state index contributed by atoms with van der Waals surface area (Å²) in [4.78, 5) is 29.4. The van der Waals surface area contributed by atoms with E-state index in [0.29, 0.717) is 44.8 Å². The third kappa shape index (κ3) is 5.74.